The van der Waals surface area contributed by atoms with Crippen LogP contribution in [0.15, 0.2) is 36.5 Å². The number of methoxy groups -OCH3 is 2. The van der Waals surface area contributed by atoms with Crippen LogP contribution in [0.5, 0.6) is 11.5 Å². The lowest BCUT2D eigenvalue weighted by Gasteiger charge is -2.10. The van der Waals surface area contributed by atoms with Gasteiger partial charge in [-0.25, -0.2) is 4.68 Å². The van der Waals surface area contributed by atoms with E-state index in [1.54, 1.807) is 55.4 Å². The third kappa shape index (κ3) is 4.12. The third-order valence-electron chi connectivity index (χ3n) is 3.26. The molecule has 23 heavy (non-hydrogen) atoms. The molecule has 0 saturated carbocycles. The van der Waals surface area contributed by atoms with Crippen LogP contribution in [-0.4, -0.2) is 29.9 Å². The maximum Gasteiger partial charge on any atom is 0.249 e. The number of aromatic nitrogens is 2. The molecule has 2 aromatic rings. The topological polar surface area (TPSA) is 65.4 Å². The van der Waals surface area contributed by atoms with Crippen LogP contribution in [0.3, 0.4) is 0 Å². The first-order chi connectivity index (χ1) is 11.0. The highest BCUT2D eigenvalue weighted by Crippen LogP contribution is 2.25. The van der Waals surface area contributed by atoms with E-state index >= 15 is 0 Å². The van der Waals surface area contributed by atoms with Crippen molar-refractivity contribution < 1.29 is 14.3 Å². The van der Waals surface area contributed by atoms with Crippen LogP contribution in [0.2, 0.25) is 0 Å². The summed E-state index contributed by atoms with van der Waals surface area (Å²) in [5.74, 6) is 1.79. The molecule has 0 aliphatic rings. The van der Waals surface area contributed by atoms with Crippen molar-refractivity contribution in [1.29, 1.82) is 0 Å². The van der Waals surface area contributed by atoms with Crippen molar-refractivity contribution in [3.8, 4) is 11.5 Å². The number of hydrogen-bond donors (Lipinski definition) is 1. The van der Waals surface area contributed by atoms with Gasteiger partial charge in [0.05, 0.1) is 20.4 Å². The Hall–Kier alpha value is -2.76. The maximum absolute atomic E-state index is 12.1. The zero-order valence-electron chi connectivity index (χ0n) is 13.7. The predicted molar refractivity (Wildman–Crippen MR) is 89.8 cm³/mol. The first-order valence-corrected chi connectivity index (χ1v) is 7.29. The molecule has 0 fully saturated rings. The number of rotatable bonds is 6. The molecule has 0 aliphatic carbocycles. The molecule has 0 radical (unpaired) electrons. The SMILES string of the molecule is COc1ccc(OC)c(C=CC(=O)Nc2ccnn2C(C)C)c1. The minimum Gasteiger partial charge on any atom is -0.497 e. The highest BCUT2D eigenvalue weighted by atomic mass is 16.5. The van der Waals surface area contributed by atoms with E-state index < -0.39 is 0 Å². The van der Waals surface area contributed by atoms with Crippen LogP contribution >= 0.6 is 0 Å². The van der Waals surface area contributed by atoms with Crippen molar-refractivity contribution in [2.45, 2.75) is 19.9 Å². The fourth-order valence-electron chi connectivity index (χ4n) is 2.13. The van der Waals surface area contributed by atoms with Crippen molar-refractivity contribution in [3.05, 3.63) is 42.1 Å². The van der Waals surface area contributed by atoms with Gasteiger partial charge in [0.1, 0.15) is 17.3 Å². The second kappa shape index (κ2) is 7.49. The molecule has 0 atom stereocenters. The number of anilines is 1. The Morgan fingerprint density at radius 3 is 2.70 bits per heavy atom. The summed E-state index contributed by atoms with van der Waals surface area (Å²) in [6, 6.07) is 7.34. The molecule has 1 N–H and O–H groups in total. The Labute approximate surface area is 135 Å². The number of ether oxygens (including phenoxy) is 2. The number of nitrogens with zero attached hydrogens (tertiary/aromatic N) is 2. The number of hydrogen-bond acceptors (Lipinski definition) is 4. The Kier molecular flexibility index (Phi) is 5.41. The molecule has 122 valence electrons. The average Bonchev–Trinajstić information content (AvgIpc) is 3.00. The average molecular weight is 315 g/mol. The first-order valence-electron chi connectivity index (χ1n) is 7.29. The lowest BCUT2D eigenvalue weighted by molar-refractivity contribution is -0.111. The van der Waals surface area contributed by atoms with E-state index in [4.69, 9.17) is 9.47 Å². The lowest BCUT2D eigenvalue weighted by Crippen LogP contribution is -2.14. The van der Waals surface area contributed by atoms with Gasteiger partial charge in [-0.2, -0.15) is 5.10 Å². The molecule has 0 aliphatic heterocycles. The summed E-state index contributed by atoms with van der Waals surface area (Å²) < 4.78 is 12.2. The first kappa shape index (κ1) is 16.6. The largest absolute Gasteiger partial charge is 0.497 e. The zero-order valence-corrected chi connectivity index (χ0v) is 13.7. The number of carbonyl (C=O) groups is 1. The van der Waals surface area contributed by atoms with E-state index in [-0.39, 0.29) is 11.9 Å². The van der Waals surface area contributed by atoms with Gasteiger partial charge in [0, 0.05) is 23.7 Å². The molecule has 2 rings (SSSR count). The fraction of sp³-hybridized carbons (Fsp3) is 0.294. The maximum atomic E-state index is 12.1. The molecule has 0 bridgehead atoms. The molecular formula is C17H21N3O3. The van der Waals surface area contributed by atoms with Crippen LogP contribution in [0.25, 0.3) is 6.08 Å². The Bertz CT molecular complexity index is 705. The van der Waals surface area contributed by atoms with Crippen molar-refractivity contribution in [1.82, 2.24) is 9.78 Å². The van der Waals surface area contributed by atoms with E-state index in [0.29, 0.717) is 17.3 Å². The van der Waals surface area contributed by atoms with Gasteiger partial charge in [0.15, 0.2) is 0 Å². The molecule has 1 aromatic carbocycles. The Balaban J connectivity index is 2.13. The summed E-state index contributed by atoms with van der Waals surface area (Å²) in [6.07, 6.45) is 4.80. The van der Waals surface area contributed by atoms with Crippen molar-refractivity contribution in [3.63, 3.8) is 0 Å². The van der Waals surface area contributed by atoms with Gasteiger partial charge in [-0.15, -0.1) is 0 Å². The molecular weight excluding hydrogens is 294 g/mol. The Morgan fingerprint density at radius 1 is 1.26 bits per heavy atom. The summed E-state index contributed by atoms with van der Waals surface area (Å²) >= 11 is 0. The van der Waals surface area contributed by atoms with E-state index in [2.05, 4.69) is 10.4 Å². The number of carbonyl (C=O) groups excluding carboxylic acids is 1. The highest BCUT2D eigenvalue weighted by molar-refractivity contribution is 6.01. The van der Waals surface area contributed by atoms with E-state index in [1.807, 2.05) is 13.8 Å². The minimum absolute atomic E-state index is 0.169. The van der Waals surface area contributed by atoms with Crippen LogP contribution in [0, 0.1) is 0 Å². The van der Waals surface area contributed by atoms with Gasteiger partial charge >= 0.3 is 0 Å². The molecule has 0 unspecified atom stereocenters. The summed E-state index contributed by atoms with van der Waals surface area (Å²) in [4.78, 5) is 12.1. The number of nitrogens with one attached hydrogen (secondary N) is 1. The third-order valence-corrected chi connectivity index (χ3v) is 3.26. The number of benzene rings is 1. The Morgan fingerprint density at radius 2 is 2.04 bits per heavy atom. The minimum atomic E-state index is -0.239. The normalized spacial score (nSPS) is 11.0. The molecule has 1 amide bonds. The van der Waals surface area contributed by atoms with Crippen LogP contribution in [-0.2, 0) is 4.79 Å². The van der Waals surface area contributed by atoms with Gasteiger partial charge in [-0.1, -0.05) is 0 Å². The zero-order chi connectivity index (χ0) is 16.8. The van der Waals surface area contributed by atoms with Gasteiger partial charge in [0.2, 0.25) is 5.91 Å². The van der Waals surface area contributed by atoms with E-state index in [9.17, 15) is 4.79 Å². The molecule has 6 nitrogen and oxygen atoms in total. The van der Waals surface area contributed by atoms with Gasteiger partial charge in [-0.05, 0) is 38.1 Å². The summed E-state index contributed by atoms with van der Waals surface area (Å²) in [5, 5.41) is 6.99. The standard InChI is InChI=1S/C17H21N3O3/c1-12(2)20-16(9-10-18-20)19-17(21)8-5-13-11-14(22-3)6-7-15(13)23-4/h5-12H,1-4H3,(H,19,21). The molecule has 1 aromatic heterocycles. The van der Waals surface area contributed by atoms with E-state index in [0.717, 1.165) is 5.56 Å². The quantitative estimate of drug-likeness (QED) is 0.832. The van der Waals surface area contributed by atoms with E-state index in [1.165, 1.54) is 6.08 Å². The molecule has 0 spiro atoms. The van der Waals surface area contributed by atoms with Crippen molar-refractivity contribution in [2.24, 2.45) is 0 Å². The van der Waals surface area contributed by atoms with Gasteiger partial charge in [-0.3, -0.25) is 4.79 Å². The fourth-order valence-corrected chi connectivity index (χ4v) is 2.13. The van der Waals surface area contributed by atoms with Crippen LogP contribution < -0.4 is 14.8 Å². The smallest absolute Gasteiger partial charge is 0.249 e. The van der Waals surface area contributed by atoms with Gasteiger partial charge < -0.3 is 14.8 Å². The molecule has 1 heterocycles. The summed E-state index contributed by atoms with van der Waals surface area (Å²) in [7, 11) is 3.18. The molecule has 6 heteroatoms. The van der Waals surface area contributed by atoms with Crippen LogP contribution in [0.1, 0.15) is 25.5 Å². The number of amides is 1. The second-order valence-corrected chi connectivity index (χ2v) is 5.19. The van der Waals surface area contributed by atoms with Crippen molar-refractivity contribution in [2.75, 3.05) is 19.5 Å². The molecule has 0 saturated heterocycles. The lowest BCUT2D eigenvalue weighted by atomic mass is 10.1. The second-order valence-electron chi connectivity index (χ2n) is 5.19. The summed E-state index contributed by atoms with van der Waals surface area (Å²) in [5.41, 5.74) is 0.763. The van der Waals surface area contributed by atoms with Crippen molar-refractivity contribution >= 4 is 17.8 Å². The highest BCUT2D eigenvalue weighted by Gasteiger charge is 2.08. The van der Waals surface area contributed by atoms with Crippen LogP contribution in [0.4, 0.5) is 5.82 Å². The monoisotopic (exact) mass is 315 g/mol. The van der Waals surface area contributed by atoms with Gasteiger partial charge in [0.25, 0.3) is 0 Å². The predicted octanol–water partition coefficient (Wildman–Crippen LogP) is 3.13. The summed E-state index contributed by atoms with van der Waals surface area (Å²) in [6.45, 7) is 4.00.